The normalized spacial score (nSPS) is 14.5. The second kappa shape index (κ2) is 14.2. The average Bonchev–Trinajstić information content (AvgIpc) is 3.79. The van der Waals surface area contributed by atoms with Crippen LogP contribution in [0.5, 0.6) is 0 Å². The molecule has 4 aromatic heterocycles. The van der Waals surface area contributed by atoms with Gasteiger partial charge in [-0.1, -0.05) is 48.0 Å². The van der Waals surface area contributed by atoms with E-state index in [1.165, 1.54) is 23.6 Å². The molecule has 7 rings (SSSR count). The molecule has 1 fully saturated rings. The summed E-state index contributed by atoms with van der Waals surface area (Å²) < 4.78 is 13.8. The number of piperidine rings is 1. The molecule has 0 saturated carbocycles. The molecule has 5 heterocycles. The highest BCUT2D eigenvalue weighted by molar-refractivity contribution is 6.31. The van der Waals surface area contributed by atoms with Gasteiger partial charge < -0.3 is 19.6 Å². The van der Waals surface area contributed by atoms with Crippen molar-refractivity contribution < 1.29 is 19.1 Å². The van der Waals surface area contributed by atoms with Gasteiger partial charge in [-0.05, 0) is 36.1 Å². The number of aliphatic hydroxyl groups is 1. The van der Waals surface area contributed by atoms with Crippen molar-refractivity contribution in [2.75, 3.05) is 13.1 Å². The van der Waals surface area contributed by atoms with Crippen molar-refractivity contribution in [3.05, 3.63) is 112 Å². The van der Waals surface area contributed by atoms with Crippen molar-refractivity contribution >= 4 is 28.7 Å². The molecule has 15 heteroatoms. The molecule has 0 atom stereocenters. The molecule has 6 aromatic rings. The van der Waals surface area contributed by atoms with Gasteiger partial charge in [-0.15, -0.1) is 0 Å². The minimum absolute atomic E-state index is 0.0804. The molecular weight excluding hydrogens is 662 g/mol. The van der Waals surface area contributed by atoms with Crippen LogP contribution in [0.25, 0.3) is 33.6 Å². The third-order valence-electron chi connectivity index (χ3n) is 8.88. The number of ether oxygens (including phenoxy) is 1. The van der Waals surface area contributed by atoms with Crippen LogP contribution in [-0.4, -0.2) is 69.1 Å². The molecule has 0 bridgehead atoms. The number of fused-ring (bicyclic) bond motifs is 1. The Bertz CT molecular complexity index is 2160. The number of hydrogen-bond donors (Lipinski definition) is 2. The summed E-state index contributed by atoms with van der Waals surface area (Å²) in [6.45, 7) is 2.36. The Morgan fingerprint density at radius 1 is 1.06 bits per heavy atom. The lowest BCUT2D eigenvalue weighted by molar-refractivity contribution is -0.0364. The maximum absolute atomic E-state index is 13.6. The van der Waals surface area contributed by atoms with Crippen LogP contribution in [0.2, 0.25) is 5.02 Å². The van der Waals surface area contributed by atoms with Crippen LogP contribution >= 0.6 is 11.6 Å². The van der Waals surface area contributed by atoms with E-state index in [1.807, 2.05) is 42.5 Å². The van der Waals surface area contributed by atoms with Crippen molar-refractivity contribution in [2.24, 2.45) is 7.05 Å². The Morgan fingerprint density at radius 2 is 1.86 bits per heavy atom. The third-order valence-corrected chi connectivity index (χ3v) is 9.23. The van der Waals surface area contributed by atoms with Gasteiger partial charge in [-0.3, -0.25) is 18.9 Å². The molecule has 0 radical (unpaired) electrons. The fraction of sp³-hybridized carbons (Fsp3) is 0.286. The van der Waals surface area contributed by atoms with E-state index >= 15 is 0 Å². The number of alkyl carbamates (subject to hydrolysis) is 1. The van der Waals surface area contributed by atoms with Crippen LogP contribution < -0.4 is 10.9 Å². The number of oxazole rings is 1. The predicted molar refractivity (Wildman–Crippen MR) is 184 cm³/mol. The minimum atomic E-state index is -1.07. The zero-order valence-corrected chi connectivity index (χ0v) is 28.0. The van der Waals surface area contributed by atoms with Gasteiger partial charge in [0.25, 0.3) is 5.56 Å². The summed E-state index contributed by atoms with van der Waals surface area (Å²) in [5, 5.41) is 19.3. The molecule has 1 aliphatic rings. The molecule has 1 saturated heterocycles. The van der Waals surface area contributed by atoms with Gasteiger partial charge in [0.05, 0.1) is 42.6 Å². The lowest BCUT2D eigenvalue weighted by Crippen LogP contribution is -2.47. The summed E-state index contributed by atoms with van der Waals surface area (Å²) in [6.07, 6.45) is 7.95. The van der Waals surface area contributed by atoms with Crippen molar-refractivity contribution in [3.63, 3.8) is 0 Å². The number of nitrogens with zero attached hydrogens (tertiary/aromatic N) is 8. The van der Waals surface area contributed by atoms with E-state index in [0.29, 0.717) is 60.2 Å². The first-order valence-corrected chi connectivity index (χ1v) is 16.4. The first-order chi connectivity index (χ1) is 24.2. The summed E-state index contributed by atoms with van der Waals surface area (Å²) in [6, 6.07) is 14.9. The van der Waals surface area contributed by atoms with Crippen LogP contribution in [0.3, 0.4) is 0 Å². The zero-order valence-electron chi connectivity index (χ0n) is 27.2. The summed E-state index contributed by atoms with van der Waals surface area (Å²) in [7, 11) is 1.76. The van der Waals surface area contributed by atoms with Crippen molar-refractivity contribution in [1.82, 2.24) is 44.5 Å². The lowest BCUT2D eigenvalue weighted by atomic mass is 9.91. The van der Waals surface area contributed by atoms with Gasteiger partial charge in [0, 0.05) is 49.0 Å². The standard InChI is InChI=1S/C35H34ClN9O5/c1-43-32(24-4-2-23(3-5-24)18-49-34(47)39-15-27-8-11-37-20-40-27)30-31(42-43)33(46)45(21-41-30)19-35(48)9-12-44(13-10-35)17-26-7-6-25(14-28(26)36)29-16-38-22-50-29/h2-8,11,14,16,20-22,48H,9-10,12-13,15,17-19H2,1H3,(H,39,47). The van der Waals surface area contributed by atoms with Gasteiger partial charge in [-0.2, -0.15) is 5.10 Å². The molecule has 50 heavy (non-hydrogen) atoms. The van der Waals surface area contributed by atoms with Gasteiger partial charge in [0.1, 0.15) is 18.5 Å². The molecule has 1 amide bonds. The quantitative estimate of drug-likeness (QED) is 0.209. The fourth-order valence-corrected chi connectivity index (χ4v) is 6.35. The van der Waals surface area contributed by atoms with Crippen molar-refractivity contribution in [1.29, 1.82) is 0 Å². The average molecular weight is 696 g/mol. The second-order valence-corrected chi connectivity index (χ2v) is 12.8. The first-order valence-electron chi connectivity index (χ1n) is 16.0. The Morgan fingerprint density at radius 3 is 2.58 bits per heavy atom. The number of rotatable bonds is 10. The summed E-state index contributed by atoms with van der Waals surface area (Å²) in [5.41, 5.74) is 4.09. The number of nitrogens with one attached hydrogen (secondary N) is 1. The largest absolute Gasteiger partial charge is 0.445 e. The highest BCUT2D eigenvalue weighted by Gasteiger charge is 2.33. The van der Waals surface area contributed by atoms with Crippen molar-refractivity contribution in [2.45, 2.75) is 44.7 Å². The summed E-state index contributed by atoms with van der Waals surface area (Å²) in [4.78, 5) is 44.4. The minimum Gasteiger partial charge on any atom is -0.445 e. The van der Waals surface area contributed by atoms with E-state index in [-0.39, 0.29) is 30.8 Å². The third kappa shape index (κ3) is 7.27. The maximum atomic E-state index is 13.6. The summed E-state index contributed by atoms with van der Waals surface area (Å²) >= 11 is 6.59. The molecule has 1 aliphatic heterocycles. The van der Waals surface area contributed by atoms with E-state index in [1.54, 1.807) is 30.2 Å². The van der Waals surface area contributed by atoms with Crippen LogP contribution in [0.15, 0.2) is 89.2 Å². The Labute approximate surface area is 291 Å². The lowest BCUT2D eigenvalue weighted by Gasteiger charge is -2.38. The van der Waals surface area contributed by atoms with Gasteiger partial charge >= 0.3 is 6.09 Å². The topological polar surface area (TPSA) is 166 Å². The monoisotopic (exact) mass is 695 g/mol. The maximum Gasteiger partial charge on any atom is 0.407 e. The molecule has 2 N–H and O–H groups in total. The van der Waals surface area contributed by atoms with Crippen LogP contribution in [0.1, 0.15) is 29.7 Å². The number of benzene rings is 2. The van der Waals surface area contributed by atoms with Crippen LogP contribution in [0.4, 0.5) is 4.79 Å². The Balaban J connectivity index is 0.964. The second-order valence-electron chi connectivity index (χ2n) is 12.3. The van der Waals surface area contributed by atoms with E-state index in [2.05, 4.69) is 35.3 Å². The van der Waals surface area contributed by atoms with E-state index in [0.717, 1.165) is 22.3 Å². The first kappa shape index (κ1) is 33.1. The Kier molecular flexibility index (Phi) is 9.39. The van der Waals surface area contributed by atoms with Gasteiger partial charge in [-0.25, -0.2) is 24.7 Å². The number of carbonyl (C=O) groups is 1. The van der Waals surface area contributed by atoms with Crippen LogP contribution in [0, 0.1) is 0 Å². The highest BCUT2D eigenvalue weighted by Crippen LogP contribution is 2.30. The van der Waals surface area contributed by atoms with E-state index in [9.17, 15) is 14.7 Å². The number of likely N-dealkylation sites (tertiary alicyclic amines) is 1. The highest BCUT2D eigenvalue weighted by atomic mass is 35.5. The molecular formula is C35H34ClN9O5. The predicted octanol–water partition coefficient (Wildman–Crippen LogP) is 4.35. The van der Waals surface area contributed by atoms with E-state index < -0.39 is 11.7 Å². The molecule has 0 aliphatic carbocycles. The number of halogens is 1. The van der Waals surface area contributed by atoms with Gasteiger partial charge in [0.15, 0.2) is 17.7 Å². The molecule has 2 aromatic carbocycles. The van der Waals surface area contributed by atoms with Crippen molar-refractivity contribution in [3.8, 4) is 22.6 Å². The molecule has 14 nitrogen and oxygen atoms in total. The summed E-state index contributed by atoms with van der Waals surface area (Å²) in [5.74, 6) is 0.655. The fourth-order valence-electron chi connectivity index (χ4n) is 6.11. The molecule has 256 valence electrons. The zero-order chi connectivity index (χ0) is 34.7. The smallest absolute Gasteiger partial charge is 0.407 e. The molecule has 0 spiro atoms. The van der Waals surface area contributed by atoms with E-state index in [4.69, 9.17) is 20.8 Å². The number of hydrogen-bond acceptors (Lipinski definition) is 11. The number of aromatic nitrogens is 7. The van der Waals surface area contributed by atoms with Gasteiger partial charge in [0.2, 0.25) is 0 Å². The number of aryl methyl sites for hydroxylation is 1. The SMILES string of the molecule is Cn1nc2c(=O)n(CC3(O)CCN(Cc4ccc(-c5cnco5)cc4Cl)CC3)cnc2c1-c1ccc(COC(=O)NCc2ccncn2)cc1. The Hall–Kier alpha value is -5.44. The molecule has 0 unspecified atom stereocenters. The number of amides is 1. The van der Waals surface area contributed by atoms with Crippen LogP contribution in [-0.2, 0) is 38.0 Å². The number of carbonyl (C=O) groups excluding carboxylic acids is 1.